The molecule has 0 bridgehead atoms. The van der Waals surface area contributed by atoms with Gasteiger partial charge in [-0.15, -0.1) is 0 Å². The van der Waals surface area contributed by atoms with Crippen LogP contribution in [0.4, 0.5) is 5.69 Å². The van der Waals surface area contributed by atoms with Crippen molar-refractivity contribution in [3.05, 3.63) is 71.9 Å². The lowest BCUT2D eigenvalue weighted by molar-refractivity contribution is 0.102. The normalized spacial score (nSPS) is 10.5. The van der Waals surface area contributed by atoms with E-state index in [1.165, 1.54) is 0 Å². The standard InChI is InChI=1S/C17H15N3O/c18-11-14-4-1-2-6-16(14)20-17(21)13-7-8-15-12(10-13)5-3-9-19-15/h1-10H,11,18H2,(H,20,21). The number of anilines is 1. The molecule has 1 aromatic heterocycles. The van der Waals surface area contributed by atoms with Crippen molar-refractivity contribution in [2.24, 2.45) is 5.73 Å². The highest BCUT2D eigenvalue weighted by Gasteiger charge is 2.09. The van der Waals surface area contributed by atoms with Gasteiger partial charge in [0.25, 0.3) is 5.91 Å². The Morgan fingerprint density at radius 3 is 2.81 bits per heavy atom. The van der Waals surface area contributed by atoms with E-state index in [9.17, 15) is 4.79 Å². The van der Waals surface area contributed by atoms with Crippen LogP contribution in [0.5, 0.6) is 0 Å². The number of carbonyl (C=O) groups excluding carboxylic acids is 1. The number of hydrogen-bond acceptors (Lipinski definition) is 3. The smallest absolute Gasteiger partial charge is 0.255 e. The first-order valence-corrected chi connectivity index (χ1v) is 6.72. The van der Waals surface area contributed by atoms with Gasteiger partial charge in [0.15, 0.2) is 0 Å². The fourth-order valence-electron chi connectivity index (χ4n) is 2.23. The number of amides is 1. The maximum absolute atomic E-state index is 12.4. The lowest BCUT2D eigenvalue weighted by Crippen LogP contribution is -2.14. The topological polar surface area (TPSA) is 68.0 Å². The van der Waals surface area contributed by atoms with E-state index in [1.54, 1.807) is 12.3 Å². The van der Waals surface area contributed by atoms with Gasteiger partial charge in [0.2, 0.25) is 0 Å². The number of nitrogens with zero attached hydrogens (tertiary/aromatic N) is 1. The van der Waals surface area contributed by atoms with Crippen molar-refractivity contribution < 1.29 is 4.79 Å². The Balaban J connectivity index is 1.90. The first-order chi connectivity index (χ1) is 10.3. The van der Waals surface area contributed by atoms with E-state index >= 15 is 0 Å². The second kappa shape index (κ2) is 5.73. The lowest BCUT2D eigenvalue weighted by Gasteiger charge is -2.10. The van der Waals surface area contributed by atoms with Gasteiger partial charge in [0, 0.05) is 29.4 Å². The number of carbonyl (C=O) groups is 1. The summed E-state index contributed by atoms with van der Waals surface area (Å²) in [7, 11) is 0. The van der Waals surface area contributed by atoms with Crippen molar-refractivity contribution in [3.8, 4) is 0 Å². The van der Waals surface area contributed by atoms with E-state index in [2.05, 4.69) is 10.3 Å². The summed E-state index contributed by atoms with van der Waals surface area (Å²) in [5, 5.41) is 3.84. The van der Waals surface area contributed by atoms with Crippen molar-refractivity contribution in [2.75, 3.05) is 5.32 Å². The molecule has 4 heteroatoms. The molecule has 1 amide bonds. The molecule has 0 spiro atoms. The van der Waals surface area contributed by atoms with E-state index in [4.69, 9.17) is 5.73 Å². The quantitative estimate of drug-likeness (QED) is 0.773. The molecular formula is C17H15N3O. The fourth-order valence-corrected chi connectivity index (χ4v) is 2.23. The molecule has 0 aliphatic rings. The molecule has 104 valence electrons. The van der Waals surface area contributed by atoms with Gasteiger partial charge >= 0.3 is 0 Å². The van der Waals surface area contributed by atoms with Gasteiger partial charge in [0.05, 0.1) is 5.52 Å². The van der Waals surface area contributed by atoms with Crippen LogP contribution < -0.4 is 11.1 Å². The first kappa shape index (κ1) is 13.3. The molecule has 0 fully saturated rings. The van der Waals surface area contributed by atoms with Gasteiger partial charge in [0.1, 0.15) is 0 Å². The summed E-state index contributed by atoms with van der Waals surface area (Å²) in [6, 6.07) is 16.8. The zero-order chi connectivity index (χ0) is 14.7. The number of pyridine rings is 1. The molecule has 0 saturated carbocycles. The second-order valence-corrected chi connectivity index (χ2v) is 4.73. The summed E-state index contributed by atoms with van der Waals surface area (Å²) in [4.78, 5) is 16.6. The summed E-state index contributed by atoms with van der Waals surface area (Å²) in [6.45, 7) is 0.387. The summed E-state index contributed by atoms with van der Waals surface area (Å²) in [5.41, 5.74) is 8.81. The zero-order valence-electron chi connectivity index (χ0n) is 11.4. The minimum Gasteiger partial charge on any atom is -0.326 e. The monoisotopic (exact) mass is 277 g/mol. The van der Waals surface area contributed by atoms with Crippen LogP contribution in [0.2, 0.25) is 0 Å². The SMILES string of the molecule is NCc1ccccc1NC(=O)c1ccc2ncccc2c1. The highest BCUT2D eigenvalue weighted by molar-refractivity contribution is 6.06. The van der Waals surface area contributed by atoms with Crippen LogP contribution in [0.3, 0.4) is 0 Å². The average Bonchev–Trinajstić information content (AvgIpc) is 2.55. The fraction of sp³-hybridized carbons (Fsp3) is 0.0588. The van der Waals surface area contributed by atoms with E-state index in [0.717, 1.165) is 22.2 Å². The third kappa shape index (κ3) is 2.75. The van der Waals surface area contributed by atoms with Crippen molar-refractivity contribution in [3.63, 3.8) is 0 Å². The molecule has 0 aliphatic heterocycles. The zero-order valence-corrected chi connectivity index (χ0v) is 11.4. The Labute approximate surface area is 122 Å². The van der Waals surface area contributed by atoms with Crippen LogP contribution in [0, 0.1) is 0 Å². The van der Waals surface area contributed by atoms with Crippen LogP contribution >= 0.6 is 0 Å². The Morgan fingerprint density at radius 2 is 1.95 bits per heavy atom. The largest absolute Gasteiger partial charge is 0.326 e. The molecule has 3 rings (SSSR count). The molecule has 0 unspecified atom stereocenters. The predicted octanol–water partition coefficient (Wildman–Crippen LogP) is 2.95. The Hall–Kier alpha value is -2.72. The molecule has 4 nitrogen and oxygen atoms in total. The molecule has 2 aromatic carbocycles. The third-order valence-electron chi connectivity index (χ3n) is 3.35. The number of para-hydroxylation sites is 1. The number of fused-ring (bicyclic) bond motifs is 1. The van der Waals surface area contributed by atoms with E-state index < -0.39 is 0 Å². The van der Waals surface area contributed by atoms with E-state index in [0.29, 0.717) is 12.1 Å². The molecule has 0 atom stereocenters. The Morgan fingerprint density at radius 1 is 1.10 bits per heavy atom. The number of aromatic nitrogens is 1. The minimum absolute atomic E-state index is 0.151. The number of hydrogen-bond donors (Lipinski definition) is 2. The van der Waals surface area contributed by atoms with E-state index in [-0.39, 0.29) is 5.91 Å². The highest BCUT2D eigenvalue weighted by Crippen LogP contribution is 2.17. The maximum atomic E-state index is 12.4. The molecule has 0 radical (unpaired) electrons. The van der Waals surface area contributed by atoms with Crippen LogP contribution in [0.25, 0.3) is 10.9 Å². The number of rotatable bonds is 3. The van der Waals surface area contributed by atoms with Crippen molar-refractivity contribution in [2.45, 2.75) is 6.54 Å². The van der Waals surface area contributed by atoms with Crippen LogP contribution in [0.15, 0.2) is 60.8 Å². The molecule has 3 aromatic rings. The van der Waals surface area contributed by atoms with Gasteiger partial charge in [-0.05, 0) is 35.9 Å². The van der Waals surface area contributed by atoms with Crippen molar-refractivity contribution in [1.82, 2.24) is 4.98 Å². The number of nitrogens with one attached hydrogen (secondary N) is 1. The number of benzene rings is 2. The lowest BCUT2D eigenvalue weighted by atomic mass is 10.1. The van der Waals surface area contributed by atoms with Crippen LogP contribution in [-0.2, 0) is 6.54 Å². The highest BCUT2D eigenvalue weighted by atomic mass is 16.1. The Kier molecular flexibility index (Phi) is 3.62. The maximum Gasteiger partial charge on any atom is 0.255 e. The molecule has 21 heavy (non-hydrogen) atoms. The second-order valence-electron chi connectivity index (χ2n) is 4.73. The summed E-state index contributed by atoms with van der Waals surface area (Å²) in [6.07, 6.45) is 1.74. The first-order valence-electron chi connectivity index (χ1n) is 6.72. The average molecular weight is 277 g/mol. The summed E-state index contributed by atoms with van der Waals surface area (Å²) < 4.78 is 0. The van der Waals surface area contributed by atoms with Gasteiger partial charge < -0.3 is 11.1 Å². The van der Waals surface area contributed by atoms with E-state index in [1.807, 2.05) is 48.5 Å². The predicted molar refractivity (Wildman–Crippen MR) is 84.0 cm³/mol. The van der Waals surface area contributed by atoms with Gasteiger partial charge in [-0.2, -0.15) is 0 Å². The summed E-state index contributed by atoms with van der Waals surface area (Å²) >= 11 is 0. The molecule has 3 N–H and O–H groups in total. The molecular weight excluding hydrogens is 262 g/mol. The van der Waals surface area contributed by atoms with Gasteiger partial charge in [-0.3, -0.25) is 9.78 Å². The van der Waals surface area contributed by atoms with Crippen molar-refractivity contribution in [1.29, 1.82) is 0 Å². The molecule has 0 aliphatic carbocycles. The molecule has 1 heterocycles. The third-order valence-corrected chi connectivity index (χ3v) is 3.35. The van der Waals surface area contributed by atoms with Gasteiger partial charge in [-0.25, -0.2) is 0 Å². The number of nitrogens with two attached hydrogens (primary N) is 1. The summed E-state index contributed by atoms with van der Waals surface area (Å²) in [5.74, 6) is -0.151. The van der Waals surface area contributed by atoms with Gasteiger partial charge in [-0.1, -0.05) is 24.3 Å². The van der Waals surface area contributed by atoms with Crippen molar-refractivity contribution >= 4 is 22.5 Å². The minimum atomic E-state index is -0.151. The molecule has 0 saturated heterocycles. The Bertz CT molecular complexity index is 799. The van der Waals surface area contributed by atoms with Crippen LogP contribution in [0.1, 0.15) is 15.9 Å². The van der Waals surface area contributed by atoms with Crippen LogP contribution in [-0.4, -0.2) is 10.9 Å².